The van der Waals surface area contributed by atoms with Gasteiger partial charge in [0.1, 0.15) is 32.1 Å². The van der Waals surface area contributed by atoms with Crippen molar-refractivity contribution in [3.63, 3.8) is 0 Å². The average molecular weight is 729 g/mol. The van der Waals surface area contributed by atoms with Gasteiger partial charge in [0.05, 0.1) is 16.9 Å². The highest BCUT2D eigenvalue weighted by atomic mass is 32.1. The number of primary amides is 2. The summed E-state index contributed by atoms with van der Waals surface area (Å²) < 4.78 is 13.2. The summed E-state index contributed by atoms with van der Waals surface area (Å²) >= 11 is 3.95. The van der Waals surface area contributed by atoms with E-state index < -0.39 is 23.5 Å². The molecule has 0 saturated carbocycles. The van der Waals surface area contributed by atoms with E-state index in [0.717, 1.165) is 28.1 Å². The van der Waals surface area contributed by atoms with Crippen LogP contribution in [-0.4, -0.2) is 43.6 Å². The largest absolute Gasteiger partial charge is 0.366 e. The first-order chi connectivity index (χ1) is 23.8. The summed E-state index contributed by atoms with van der Waals surface area (Å²) in [6.07, 6.45) is 6.66. The monoisotopic (exact) mass is 728 g/mol. The first kappa shape index (κ1) is 35.6. The topological polar surface area (TPSA) is 196 Å². The lowest BCUT2D eigenvalue weighted by atomic mass is 9.94. The van der Waals surface area contributed by atoms with Gasteiger partial charge in [-0.3, -0.25) is 29.1 Å². The number of carbonyl (C=O) groups is 4. The Balaban J connectivity index is 0.000000195. The van der Waals surface area contributed by atoms with E-state index in [1.54, 1.807) is 47.7 Å². The fourth-order valence-corrected chi connectivity index (χ4v) is 6.84. The minimum absolute atomic E-state index is 0.105. The standard InChI is InChI=1S/C18H18N4O2S2.C16H11FN4O2S/c1-18(2,3)13-7-11(14(26-13)15(19)23)21-16(24)12-9-25-17(22-12)10-5-4-6-20-8-10;17-10-3-4-12(11(6-10)14(18)22)20-15(23)13-8-24-16(21-13)9-2-1-5-19-7-9/h4-9H,1-3H3,(H2,19,23)(H,21,24);1-8H,(H2,18,22)(H,20,23). The molecule has 6 aromatic rings. The zero-order valence-corrected chi connectivity index (χ0v) is 29.2. The van der Waals surface area contributed by atoms with Gasteiger partial charge in [0, 0.05) is 51.6 Å². The van der Waals surface area contributed by atoms with Crippen LogP contribution in [0.25, 0.3) is 21.1 Å². The number of nitrogens with two attached hydrogens (primary N) is 2. The Labute approximate surface area is 297 Å². The van der Waals surface area contributed by atoms with E-state index in [1.807, 2.05) is 39.0 Å². The number of pyridine rings is 2. The second kappa shape index (κ2) is 15.2. The highest BCUT2D eigenvalue weighted by Crippen LogP contribution is 2.35. The van der Waals surface area contributed by atoms with Crippen LogP contribution in [0.15, 0.2) is 84.1 Å². The predicted octanol–water partition coefficient (Wildman–Crippen LogP) is 6.61. The lowest BCUT2D eigenvalue weighted by molar-refractivity contribution is 0.0991. The Morgan fingerprint density at radius 1 is 0.740 bits per heavy atom. The van der Waals surface area contributed by atoms with E-state index in [4.69, 9.17) is 11.5 Å². The number of carbonyl (C=O) groups excluding carboxylic acids is 4. The highest BCUT2D eigenvalue weighted by Gasteiger charge is 2.24. The van der Waals surface area contributed by atoms with Crippen molar-refractivity contribution in [2.75, 3.05) is 10.6 Å². The predicted molar refractivity (Wildman–Crippen MR) is 193 cm³/mol. The lowest BCUT2D eigenvalue weighted by Crippen LogP contribution is -2.18. The summed E-state index contributed by atoms with van der Waals surface area (Å²) in [5.41, 5.74) is 13.1. The van der Waals surface area contributed by atoms with Crippen molar-refractivity contribution in [1.82, 2.24) is 19.9 Å². The molecule has 50 heavy (non-hydrogen) atoms. The van der Waals surface area contributed by atoms with E-state index in [1.165, 1.54) is 40.1 Å². The molecule has 6 rings (SSSR count). The van der Waals surface area contributed by atoms with Crippen LogP contribution in [0.1, 0.15) is 66.7 Å². The smallest absolute Gasteiger partial charge is 0.275 e. The number of nitrogens with zero attached hydrogens (tertiary/aromatic N) is 4. The van der Waals surface area contributed by atoms with Crippen LogP contribution in [0.2, 0.25) is 0 Å². The Hall–Kier alpha value is -5.71. The summed E-state index contributed by atoms with van der Waals surface area (Å²) in [6.45, 7) is 6.11. The fraction of sp³-hybridized carbons (Fsp3) is 0.118. The number of rotatable bonds is 8. The SMILES string of the molecule is CC(C)(C)c1cc(NC(=O)c2csc(-c3cccnc3)n2)c(C(N)=O)s1.NC(=O)c1cc(F)ccc1NC(=O)c1csc(-c2cccnc2)n1. The number of amides is 4. The van der Waals surface area contributed by atoms with Crippen LogP contribution in [0.5, 0.6) is 0 Å². The van der Waals surface area contributed by atoms with Crippen molar-refractivity contribution < 1.29 is 23.6 Å². The van der Waals surface area contributed by atoms with Crippen molar-refractivity contribution in [3.05, 3.63) is 117 Å². The first-order valence-electron chi connectivity index (χ1n) is 14.7. The number of hydrogen-bond donors (Lipinski definition) is 4. The van der Waals surface area contributed by atoms with Gasteiger partial charge in [-0.2, -0.15) is 0 Å². The molecule has 0 radical (unpaired) electrons. The maximum Gasteiger partial charge on any atom is 0.275 e. The third kappa shape index (κ3) is 8.65. The van der Waals surface area contributed by atoms with Gasteiger partial charge in [0.15, 0.2) is 0 Å². The molecule has 0 aliphatic carbocycles. The summed E-state index contributed by atoms with van der Waals surface area (Å²) in [5.74, 6) is -2.91. The molecule has 0 spiro atoms. The van der Waals surface area contributed by atoms with Gasteiger partial charge in [-0.05, 0) is 53.9 Å². The van der Waals surface area contributed by atoms with Crippen molar-refractivity contribution in [3.8, 4) is 21.1 Å². The Morgan fingerprint density at radius 2 is 1.28 bits per heavy atom. The minimum Gasteiger partial charge on any atom is -0.366 e. The molecule has 0 saturated heterocycles. The molecular formula is C34H29FN8O4S3. The number of aromatic nitrogens is 4. The number of thiophene rings is 1. The first-order valence-corrected chi connectivity index (χ1v) is 17.3. The number of hydrogen-bond acceptors (Lipinski definition) is 11. The summed E-state index contributed by atoms with van der Waals surface area (Å²) in [5, 5.41) is 9.90. The highest BCUT2D eigenvalue weighted by molar-refractivity contribution is 7.15. The fourth-order valence-electron chi connectivity index (χ4n) is 4.24. The number of anilines is 2. The molecular weight excluding hydrogens is 700 g/mol. The summed E-state index contributed by atoms with van der Waals surface area (Å²) in [4.78, 5) is 65.9. The molecule has 12 nitrogen and oxygen atoms in total. The lowest BCUT2D eigenvalue weighted by Gasteiger charge is -2.15. The molecule has 1 aromatic carbocycles. The minimum atomic E-state index is -0.834. The Bertz CT molecular complexity index is 2180. The summed E-state index contributed by atoms with van der Waals surface area (Å²) in [7, 11) is 0. The second-order valence-electron chi connectivity index (χ2n) is 11.5. The number of halogens is 1. The van der Waals surface area contributed by atoms with Gasteiger partial charge in [-0.1, -0.05) is 20.8 Å². The maximum absolute atomic E-state index is 13.2. The second-order valence-corrected chi connectivity index (χ2v) is 14.3. The van der Waals surface area contributed by atoms with Crippen LogP contribution in [0.3, 0.4) is 0 Å². The van der Waals surface area contributed by atoms with Gasteiger partial charge in [-0.15, -0.1) is 34.0 Å². The molecule has 4 amide bonds. The molecule has 254 valence electrons. The Morgan fingerprint density at radius 3 is 1.74 bits per heavy atom. The Kier molecular flexibility index (Phi) is 10.8. The van der Waals surface area contributed by atoms with Crippen molar-refractivity contribution in [1.29, 1.82) is 0 Å². The molecule has 5 aromatic heterocycles. The van der Waals surface area contributed by atoms with Gasteiger partial charge in [-0.25, -0.2) is 14.4 Å². The van der Waals surface area contributed by atoms with E-state index in [9.17, 15) is 23.6 Å². The molecule has 5 heterocycles. The van der Waals surface area contributed by atoms with Gasteiger partial charge >= 0.3 is 0 Å². The van der Waals surface area contributed by atoms with Crippen molar-refractivity contribution >= 4 is 69.0 Å². The molecule has 0 aliphatic heterocycles. The van der Waals surface area contributed by atoms with E-state index in [0.29, 0.717) is 20.6 Å². The third-order valence-electron chi connectivity index (χ3n) is 6.73. The third-order valence-corrected chi connectivity index (χ3v) is 10.1. The van der Waals surface area contributed by atoms with E-state index in [-0.39, 0.29) is 34.0 Å². The zero-order chi connectivity index (χ0) is 36.0. The van der Waals surface area contributed by atoms with Crippen LogP contribution >= 0.6 is 34.0 Å². The van der Waals surface area contributed by atoms with Crippen molar-refractivity contribution in [2.45, 2.75) is 26.2 Å². The van der Waals surface area contributed by atoms with Gasteiger partial charge in [0.2, 0.25) is 0 Å². The van der Waals surface area contributed by atoms with Crippen molar-refractivity contribution in [2.24, 2.45) is 11.5 Å². The average Bonchev–Trinajstić information content (AvgIpc) is 3.87. The van der Waals surface area contributed by atoms with Gasteiger partial charge in [0.25, 0.3) is 23.6 Å². The molecule has 0 unspecified atom stereocenters. The van der Waals surface area contributed by atoms with Crippen LogP contribution in [0, 0.1) is 5.82 Å². The summed E-state index contributed by atoms with van der Waals surface area (Å²) in [6, 6.07) is 12.5. The normalized spacial score (nSPS) is 10.9. The van der Waals surface area contributed by atoms with E-state index >= 15 is 0 Å². The van der Waals surface area contributed by atoms with Crippen LogP contribution in [-0.2, 0) is 5.41 Å². The van der Waals surface area contributed by atoms with Gasteiger partial charge < -0.3 is 22.1 Å². The van der Waals surface area contributed by atoms with Crippen LogP contribution < -0.4 is 22.1 Å². The maximum atomic E-state index is 13.2. The molecule has 0 atom stereocenters. The molecule has 16 heteroatoms. The zero-order valence-electron chi connectivity index (χ0n) is 26.8. The molecule has 0 aliphatic rings. The number of benzene rings is 1. The van der Waals surface area contributed by atoms with E-state index in [2.05, 4.69) is 30.6 Å². The molecule has 6 N–H and O–H groups in total. The number of nitrogens with one attached hydrogen (secondary N) is 2. The molecule has 0 bridgehead atoms. The molecule has 0 fully saturated rings. The quantitative estimate of drug-likeness (QED) is 0.134. The van der Waals surface area contributed by atoms with Crippen LogP contribution in [0.4, 0.5) is 15.8 Å². The number of thiazole rings is 2.